The van der Waals surface area contributed by atoms with Gasteiger partial charge in [0.15, 0.2) is 6.29 Å². The minimum atomic E-state index is -0.346. The van der Waals surface area contributed by atoms with E-state index in [0.29, 0.717) is 6.61 Å². The summed E-state index contributed by atoms with van der Waals surface area (Å²) in [6.07, 6.45) is 6.51. The van der Waals surface area contributed by atoms with Crippen LogP contribution in [0, 0.1) is 0 Å². The third-order valence-electron chi connectivity index (χ3n) is 6.08. The molecule has 2 heterocycles. The van der Waals surface area contributed by atoms with Crippen LogP contribution in [0.1, 0.15) is 69.0 Å². The third kappa shape index (κ3) is 5.79. The van der Waals surface area contributed by atoms with Crippen LogP contribution in [0.2, 0.25) is 0 Å². The van der Waals surface area contributed by atoms with Crippen molar-refractivity contribution in [1.82, 2.24) is 0 Å². The van der Waals surface area contributed by atoms with E-state index in [-0.39, 0.29) is 24.6 Å². The van der Waals surface area contributed by atoms with Crippen molar-refractivity contribution in [3.05, 3.63) is 59.7 Å². The molecule has 0 unspecified atom stereocenters. The van der Waals surface area contributed by atoms with Crippen molar-refractivity contribution in [3.63, 3.8) is 0 Å². The van der Waals surface area contributed by atoms with Gasteiger partial charge in [-0.3, -0.25) is 0 Å². The van der Waals surface area contributed by atoms with Gasteiger partial charge >= 0.3 is 0 Å². The van der Waals surface area contributed by atoms with Crippen molar-refractivity contribution >= 4 is 0 Å². The van der Waals surface area contributed by atoms with Crippen LogP contribution in [0.5, 0.6) is 11.5 Å². The quantitative estimate of drug-likeness (QED) is 0.461. The number of unbranched alkanes of at least 4 members (excludes halogenated alkanes) is 3. The van der Waals surface area contributed by atoms with Gasteiger partial charge in [-0.25, -0.2) is 0 Å². The number of rotatable bonds is 9. The number of methoxy groups -OCH3 is 1. The van der Waals surface area contributed by atoms with E-state index in [2.05, 4.69) is 31.2 Å². The zero-order valence-corrected chi connectivity index (χ0v) is 18.6. The van der Waals surface area contributed by atoms with Crippen LogP contribution in [-0.2, 0) is 14.2 Å². The van der Waals surface area contributed by atoms with Crippen molar-refractivity contribution in [2.24, 2.45) is 0 Å². The molecule has 4 atom stereocenters. The molecule has 2 aliphatic heterocycles. The molecule has 2 aliphatic rings. The summed E-state index contributed by atoms with van der Waals surface area (Å²) < 4.78 is 29.6. The maximum atomic E-state index is 6.35. The molecule has 31 heavy (non-hydrogen) atoms. The second kappa shape index (κ2) is 11.0. The Morgan fingerprint density at radius 1 is 0.806 bits per heavy atom. The summed E-state index contributed by atoms with van der Waals surface area (Å²) in [5.41, 5.74) is 2.20. The highest BCUT2D eigenvalue weighted by Crippen LogP contribution is 2.39. The molecule has 0 N–H and O–H groups in total. The fourth-order valence-electron chi connectivity index (χ4n) is 4.23. The predicted molar refractivity (Wildman–Crippen MR) is 119 cm³/mol. The monoisotopic (exact) mass is 426 g/mol. The van der Waals surface area contributed by atoms with Gasteiger partial charge in [0, 0.05) is 5.56 Å². The lowest BCUT2D eigenvalue weighted by atomic mass is 9.95. The van der Waals surface area contributed by atoms with Crippen LogP contribution < -0.4 is 9.47 Å². The first kappa shape index (κ1) is 22.1. The van der Waals surface area contributed by atoms with Crippen LogP contribution in [0.4, 0.5) is 0 Å². The lowest BCUT2D eigenvalue weighted by Gasteiger charge is -2.42. The van der Waals surface area contributed by atoms with Crippen LogP contribution in [-0.4, -0.2) is 32.5 Å². The topological polar surface area (TPSA) is 46.2 Å². The molecule has 0 aliphatic carbocycles. The van der Waals surface area contributed by atoms with Crippen molar-refractivity contribution in [1.29, 1.82) is 0 Å². The van der Waals surface area contributed by atoms with Gasteiger partial charge in [0.25, 0.3) is 0 Å². The van der Waals surface area contributed by atoms with Crippen molar-refractivity contribution < 1.29 is 23.7 Å². The Morgan fingerprint density at radius 2 is 1.55 bits per heavy atom. The summed E-state index contributed by atoms with van der Waals surface area (Å²) in [6, 6.07) is 16.2. The number of benzene rings is 2. The molecule has 2 fully saturated rings. The molecular weight excluding hydrogens is 392 g/mol. The highest BCUT2D eigenvalue weighted by molar-refractivity contribution is 5.29. The molecule has 4 rings (SSSR count). The molecular formula is C26H34O5. The standard InChI is InChI=1S/C26H34O5/c1-3-4-5-6-17-28-22-13-7-19(8-14-22)23-15-16-24-25(30-23)18-29-26(31-24)20-9-11-21(27-2)12-10-20/h7-14,23-26H,3-6,15-18H2,1-2H3/t23-,24+,25-,26-/m1/s1. The highest BCUT2D eigenvalue weighted by atomic mass is 16.7. The van der Waals surface area contributed by atoms with Crippen molar-refractivity contribution in [2.75, 3.05) is 20.3 Å². The maximum absolute atomic E-state index is 6.35. The summed E-state index contributed by atoms with van der Waals surface area (Å²) >= 11 is 0. The van der Waals surface area contributed by atoms with E-state index in [0.717, 1.165) is 42.9 Å². The molecule has 2 aromatic carbocycles. The van der Waals surface area contributed by atoms with Gasteiger partial charge in [-0.15, -0.1) is 0 Å². The minimum Gasteiger partial charge on any atom is -0.497 e. The Hall–Kier alpha value is -2.08. The van der Waals surface area contributed by atoms with E-state index < -0.39 is 0 Å². The van der Waals surface area contributed by atoms with Gasteiger partial charge in [0.2, 0.25) is 0 Å². The minimum absolute atomic E-state index is 0.0391. The van der Waals surface area contributed by atoms with E-state index >= 15 is 0 Å². The lowest BCUT2D eigenvalue weighted by Crippen LogP contribution is -2.45. The molecule has 2 saturated heterocycles. The summed E-state index contributed by atoms with van der Waals surface area (Å²) in [6.45, 7) is 3.55. The van der Waals surface area contributed by atoms with Gasteiger partial charge in [0.1, 0.15) is 17.6 Å². The average molecular weight is 427 g/mol. The molecule has 0 spiro atoms. The van der Waals surface area contributed by atoms with Crippen molar-refractivity contribution in [3.8, 4) is 11.5 Å². The summed E-state index contributed by atoms with van der Waals surface area (Å²) in [5, 5.41) is 0. The van der Waals surface area contributed by atoms with E-state index in [4.69, 9.17) is 23.7 Å². The Labute approximate surface area is 185 Å². The van der Waals surface area contributed by atoms with Gasteiger partial charge in [-0.05, 0) is 49.1 Å². The van der Waals surface area contributed by atoms with E-state index in [1.807, 2.05) is 24.3 Å². The predicted octanol–water partition coefficient (Wildman–Crippen LogP) is 5.99. The smallest absolute Gasteiger partial charge is 0.184 e. The Bertz CT molecular complexity index is 788. The normalized spacial score (nSPS) is 25.6. The fraction of sp³-hybridized carbons (Fsp3) is 0.538. The zero-order valence-electron chi connectivity index (χ0n) is 18.6. The molecule has 2 aromatic rings. The second-order valence-corrected chi connectivity index (χ2v) is 8.33. The Morgan fingerprint density at radius 3 is 2.29 bits per heavy atom. The first-order valence-corrected chi connectivity index (χ1v) is 11.6. The lowest BCUT2D eigenvalue weighted by molar-refractivity contribution is -0.289. The summed E-state index contributed by atoms with van der Waals surface area (Å²) in [4.78, 5) is 0. The number of hydrogen-bond acceptors (Lipinski definition) is 5. The molecule has 5 nitrogen and oxygen atoms in total. The van der Waals surface area contributed by atoms with E-state index in [9.17, 15) is 0 Å². The highest BCUT2D eigenvalue weighted by Gasteiger charge is 2.38. The summed E-state index contributed by atoms with van der Waals surface area (Å²) in [7, 11) is 1.66. The average Bonchev–Trinajstić information content (AvgIpc) is 2.84. The second-order valence-electron chi connectivity index (χ2n) is 8.33. The van der Waals surface area contributed by atoms with Gasteiger partial charge in [-0.2, -0.15) is 0 Å². The van der Waals surface area contributed by atoms with E-state index in [1.165, 1.54) is 24.8 Å². The summed E-state index contributed by atoms with van der Waals surface area (Å²) in [5.74, 6) is 1.76. The number of hydrogen-bond donors (Lipinski definition) is 0. The number of ether oxygens (including phenoxy) is 5. The molecule has 0 aromatic heterocycles. The van der Waals surface area contributed by atoms with E-state index in [1.54, 1.807) is 7.11 Å². The van der Waals surface area contributed by atoms with Gasteiger partial charge < -0.3 is 23.7 Å². The van der Waals surface area contributed by atoms with Crippen LogP contribution in [0.3, 0.4) is 0 Å². The third-order valence-corrected chi connectivity index (χ3v) is 6.08. The molecule has 0 amide bonds. The van der Waals surface area contributed by atoms with Crippen LogP contribution >= 0.6 is 0 Å². The molecule has 0 radical (unpaired) electrons. The van der Waals surface area contributed by atoms with Crippen LogP contribution in [0.25, 0.3) is 0 Å². The first-order chi connectivity index (χ1) is 15.3. The molecule has 0 bridgehead atoms. The maximum Gasteiger partial charge on any atom is 0.184 e. The zero-order chi connectivity index (χ0) is 21.5. The van der Waals surface area contributed by atoms with Crippen LogP contribution in [0.15, 0.2) is 48.5 Å². The molecule has 0 saturated carbocycles. The SMILES string of the molecule is CCCCCCOc1ccc([C@H]2CC[C@@H]3O[C@H](c4ccc(OC)cc4)OC[C@H]3O2)cc1. The molecule has 168 valence electrons. The Kier molecular flexibility index (Phi) is 7.84. The largest absolute Gasteiger partial charge is 0.497 e. The Balaban J connectivity index is 1.27. The van der Waals surface area contributed by atoms with Gasteiger partial charge in [-0.1, -0.05) is 50.5 Å². The van der Waals surface area contributed by atoms with Crippen molar-refractivity contribution in [2.45, 2.75) is 70.1 Å². The fourth-order valence-corrected chi connectivity index (χ4v) is 4.23. The molecule has 5 heteroatoms. The van der Waals surface area contributed by atoms with Gasteiger partial charge in [0.05, 0.1) is 32.5 Å². The number of fused-ring (bicyclic) bond motifs is 1. The first-order valence-electron chi connectivity index (χ1n) is 11.6.